The summed E-state index contributed by atoms with van der Waals surface area (Å²) >= 11 is 0. The summed E-state index contributed by atoms with van der Waals surface area (Å²) in [5, 5.41) is 8.87. The molecule has 0 aromatic carbocycles. The highest BCUT2D eigenvalue weighted by Gasteiger charge is 2.30. The highest BCUT2D eigenvalue weighted by atomic mass is 16.2. The lowest BCUT2D eigenvalue weighted by Crippen LogP contribution is -2.45. The van der Waals surface area contributed by atoms with E-state index in [0.717, 1.165) is 25.8 Å². The number of carbonyl (C=O) groups excluding carboxylic acids is 2. The van der Waals surface area contributed by atoms with Gasteiger partial charge in [0.05, 0.1) is 6.04 Å². The SMILES string of the molecule is CC1CCNC1C(=O)NCCNC(=O)C1CC1. The average molecular weight is 239 g/mol. The summed E-state index contributed by atoms with van der Waals surface area (Å²) in [6.45, 7) is 4.04. The summed E-state index contributed by atoms with van der Waals surface area (Å²) in [5.41, 5.74) is 0. The van der Waals surface area contributed by atoms with Crippen molar-refractivity contribution >= 4 is 11.8 Å². The Morgan fingerprint density at radius 3 is 2.29 bits per heavy atom. The van der Waals surface area contributed by atoms with E-state index in [-0.39, 0.29) is 23.8 Å². The van der Waals surface area contributed by atoms with Gasteiger partial charge in [-0.05, 0) is 31.7 Å². The van der Waals surface area contributed by atoms with Crippen molar-refractivity contribution in [3.63, 3.8) is 0 Å². The third kappa shape index (κ3) is 3.43. The zero-order chi connectivity index (χ0) is 12.3. The maximum atomic E-state index is 11.8. The first-order valence-corrected chi connectivity index (χ1v) is 6.47. The van der Waals surface area contributed by atoms with E-state index in [1.807, 2.05) is 0 Å². The molecule has 1 aliphatic heterocycles. The number of hydrogen-bond donors (Lipinski definition) is 3. The fourth-order valence-electron chi connectivity index (χ4n) is 2.16. The van der Waals surface area contributed by atoms with Crippen LogP contribution in [0.25, 0.3) is 0 Å². The van der Waals surface area contributed by atoms with E-state index >= 15 is 0 Å². The van der Waals surface area contributed by atoms with Crippen molar-refractivity contribution in [1.82, 2.24) is 16.0 Å². The predicted octanol–water partition coefficient (Wildman–Crippen LogP) is -0.373. The van der Waals surface area contributed by atoms with Gasteiger partial charge in [0, 0.05) is 19.0 Å². The van der Waals surface area contributed by atoms with Crippen LogP contribution in [0.1, 0.15) is 26.2 Å². The second-order valence-corrected chi connectivity index (χ2v) is 5.05. The van der Waals surface area contributed by atoms with Crippen molar-refractivity contribution in [3.05, 3.63) is 0 Å². The summed E-state index contributed by atoms with van der Waals surface area (Å²) in [4.78, 5) is 23.1. The monoisotopic (exact) mass is 239 g/mol. The fourth-order valence-corrected chi connectivity index (χ4v) is 2.16. The molecule has 2 fully saturated rings. The molecule has 2 unspecified atom stereocenters. The standard InChI is InChI=1S/C12H21N3O2/c1-8-4-5-13-10(8)12(17)15-7-6-14-11(16)9-2-3-9/h8-10,13H,2-7H2,1H3,(H,14,16)(H,15,17). The van der Waals surface area contributed by atoms with E-state index < -0.39 is 0 Å². The highest BCUT2D eigenvalue weighted by molar-refractivity contribution is 5.83. The number of carbonyl (C=O) groups is 2. The minimum atomic E-state index is -0.0610. The lowest BCUT2D eigenvalue weighted by molar-refractivity contribution is -0.124. The zero-order valence-corrected chi connectivity index (χ0v) is 10.3. The van der Waals surface area contributed by atoms with Crippen molar-refractivity contribution in [2.75, 3.05) is 19.6 Å². The van der Waals surface area contributed by atoms with E-state index in [0.29, 0.717) is 19.0 Å². The summed E-state index contributed by atoms with van der Waals surface area (Å²) in [6.07, 6.45) is 3.08. The summed E-state index contributed by atoms with van der Waals surface area (Å²) in [5.74, 6) is 0.820. The number of nitrogens with one attached hydrogen (secondary N) is 3. The Morgan fingerprint density at radius 2 is 1.76 bits per heavy atom. The van der Waals surface area contributed by atoms with Gasteiger partial charge < -0.3 is 16.0 Å². The molecule has 0 spiro atoms. The minimum Gasteiger partial charge on any atom is -0.354 e. The molecular formula is C12H21N3O2. The van der Waals surface area contributed by atoms with Crippen molar-refractivity contribution in [3.8, 4) is 0 Å². The number of hydrogen-bond acceptors (Lipinski definition) is 3. The Kier molecular flexibility index (Phi) is 3.99. The summed E-state index contributed by atoms with van der Waals surface area (Å²) < 4.78 is 0. The Hall–Kier alpha value is -1.10. The molecule has 2 aliphatic rings. The van der Waals surface area contributed by atoms with Crippen LogP contribution >= 0.6 is 0 Å². The molecule has 1 aliphatic carbocycles. The summed E-state index contributed by atoms with van der Waals surface area (Å²) in [6, 6.07) is -0.0610. The maximum absolute atomic E-state index is 11.8. The Labute approximate surface area is 102 Å². The first kappa shape index (κ1) is 12.4. The normalized spacial score (nSPS) is 27.8. The molecule has 1 heterocycles. The molecule has 96 valence electrons. The smallest absolute Gasteiger partial charge is 0.237 e. The summed E-state index contributed by atoms with van der Waals surface area (Å²) in [7, 11) is 0. The number of amides is 2. The van der Waals surface area contributed by atoms with E-state index in [9.17, 15) is 9.59 Å². The molecule has 5 nitrogen and oxygen atoms in total. The van der Waals surface area contributed by atoms with Crippen molar-refractivity contribution in [1.29, 1.82) is 0 Å². The maximum Gasteiger partial charge on any atom is 0.237 e. The minimum absolute atomic E-state index is 0.0515. The molecule has 2 atom stereocenters. The molecule has 0 bridgehead atoms. The van der Waals surface area contributed by atoms with Crippen molar-refractivity contribution < 1.29 is 9.59 Å². The van der Waals surface area contributed by atoms with Gasteiger partial charge in [0.1, 0.15) is 0 Å². The molecule has 2 rings (SSSR count). The van der Waals surface area contributed by atoms with Crippen LogP contribution in [0.4, 0.5) is 0 Å². The van der Waals surface area contributed by atoms with Gasteiger partial charge in [0.25, 0.3) is 0 Å². The number of rotatable bonds is 5. The van der Waals surface area contributed by atoms with Crippen LogP contribution in [0.15, 0.2) is 0 Å². The molecule has 0 aromatic heterocycles. The van der Waals surface area contributed by atoms with Gasteiger partial charge in [-0.3, -0.25) is 9.59 Å². The van der Waals surface area contributed by atoms with Gasteiger partial charge in [-0.2, -0.15) is 0 Å². The van der Waals surface area contributed by atoms with Gasteiger partial charge in [-0.25, -0.2) is 0 Å². The third-order valence-corrected chi connectivity index (χ3v) is 3.49. The molecule has 3 N–H and O–H groups in total. The predicted molar refractivity (Wildman–Crippen MR) is 64.3 cm³/mol. The third-order valence-electron chi connectivity index (χ3n) is 3.49. The topological polar surface area (TPSA) is 70.2 Å². The Bertz CT molecular complexity index is 302. The van der Waals surface area contributed by atoms with E-state index in [4.69, 9.17) is 0 Å². The molecule has 0 aromatic rings. The van der Waals surface area contributed by atoms with E-state index in [2.05, 4.69) is 22.9 Å². The molecule has 5 heteroatoms. The van der Waals surface area contributed by atoms with Gasteiger partial charge >= 0.3 is 0 Å². The fraction of sp³-hybridized carbons (Fsp3) is 0.833. The molecule has 0 radical (unpaired) electrons. The molecule has 17 heavy (non-hydrogen) atoms. The van der Waals surface area contributed by atoms with E-state index in [1.54, 1.807) is 0 Å². The van der Waals surface area contributed by atoms with Crippen molar-refractivity contribution in [2.45, 2.75) is 32.2 Å². The van der Waals surface area contributed by atoms with Crippen LogP contribution in [0.3, 0.4) is 0 Å². The van der Waals surface area contributed by atoms with E-state index in [1.165, 1.54) is 0 Å². The van der Waals surface area contributed by atoms with Crippen LogP contribution in [0.5, 0.6) is 0 Å². The molecule has 1 saturated heterocycles. The zero-order valence-electron chi connectivity index (χ0n) is 10.3. The van der Waals surface area contributed by atoms with Crippen molar-refractivity contribution in [2.24, 2.45) is 11.8 Å². The lowest BCUT2D eigenvalue weighted by Gasteiger charge is -2.15. The first-order chi connectivity index (χ1) is 8.18. The molecule has 1 saturated carbocycles. The second-order valence-electron chi connectivity index (χ2n) is 5.05. The highest BCUT2D eigenvalue weighted by Crippen LogP contribution is 2.28. The second kappa shape index (κ2) is 5.49. The Balaban J connectivity index is 1.58. The average Bonchev–Trinajstić information content (AvgIpc) is 3.07. The van der Waals surface area contributed by atoms with Crippen LogP contribution in [-0.2, 0) is 9.59 Å². The largest absolute Gasteiger partial charge is 0.354 e. The van der Waals surface area contributed by atoms with Gasteiger partial charge in [0.15, 0.2) is 0 Å². The molecule has 2 amide bonds. The lowest BCUT2D eigenvalue weighted by atomic mass is 10.0. The Morgan fingerprint density at radius 1 is 1.12 bits per heavy atom. The van der Waals surface area contributed by atoms with Crippen LogP contribution < -0.4 is 16.0 Å². The van der Waals surface area contributed by atoms with Gasteiger partial charge in [0.2, 0.25) is 11.8 Å². The first-order valence-electron chi connectivity index (χ1n) is 6.47. The quantitative estimate of drug-likeness (QED) is 0.573. The van der Waals surface area contributed by atoms with Crippen LogP contribution in [0, 0.1) is 11.8 Å². The van der Waals surface area contributed by atoms with Gasteiger partial charge in [-0.1, -0.05) is 6.92 Å². The molecular weight excluding hydrogens is 218 g/mol. The van der Waals surface area contributed by atoms with Crippen LogP contribution in [0.2, 0.25) is 0 Å². The van der Waals surface area contributed by atoms with Crippen LogP contribution in [-0.4, -0.2) is 37.5 Å². The van der Waals surface area contributed by atoms with Gasteiger partial charge in [-0.15, -0.1) is 0 Å².